The van der Waals surface area contributed by atoms with Crippen LogP contribution in [0, 0.1) is 0 Å². The van der Waals surface area contributed by atoms with E-state index in [2.05, 4.69) is 17.0 Å². The van der Waals surface area contributed by atoms with Crippen molar-refractivity contribution >= 4 is 27.8 Å². The van der Waals surface area contributed by atoms with Gasteiger partial charge in [0, 0.05) is 55.8 Å². The molecule has 5 rings (SSSR count). The topological polar surface area (TPSA) is 55.2 Å². The van der Waals surface area contributed by atoms with Crippen molar-refractivity contribution in [3.05, 3.63) is 42.0 Å². The van der Waals surface area contributed by atoms with E-state index in [4.69, 9.17) is 13.9 Å². The van der Waals surface area contributed by atoms with Crippen LogP contribution in [0.5, 0.6) is 5.75 Å². The normalized spacial score (nSPS) is 20.8. The monoisotopic (exact) mass is 394 g/mol. The quantitative estimate of drug-likeness (QED) is 0.665. The fourth-order valence-corrected chi connectivity index (χ4v) is 4.61. The lowest BCUT2D eigenvalue weighted by Crippen LogP contribution is -2.41. The maximum absolute atomic E-state index is 12.7. The molecular weight excluding hydrogens is 368 g/mol. The third kappa shape index (κ3) is 3.36. The summed E-state index contributed by atoms with van der Waals surface area (Å²) in [7, 11) is 1.66. The molecule has 0 N–H and O–H groups in total. The van der Waals surface area contributed by atoms with Crippen LogP contribution < -0.4 is 4.74 Å². The number of fused-ring (bicyclic) bond motifs is 3. The molecule has 0 saturated carbocycles. The molecule has 1 unspecified atom stereocenters. The molecule has 1 atom stereocenters. The lowest BCUT2D eigenvalue weighted by atomic mass is 9.93. The molecule has 1 aromatic heterocycles. The van der Waals surface area contributed by atoms with Crippen LogP contribution in [0.1, 0.15) is 17.9 Å². The number of amides is 1. The lowest BCUT2D eigenvalue weighted by molar-refractivity contribution is -0.128. The molecule has 2 aliphatic rings. The van der Waals surface area contributed by atoms with E-state index < -0.39 is 0 Å². The first-order valence-electron chi connectivity index (χ1n) is 10.3. The fourth-order valence-electron chi connectivity index (χ4n) is 4.61. The number of carbonyl (C=O) groups is 1. The van der Waals surface area contributed by atoms with E-state index in [1.807, 2.05) is 29.2 Å². The molecule has 0 aliphatic carbocycles. The average molecular weight is 394 g/mol. The zero-order valence-corrected chi connectivity index (χ0v) is 16.7. The van der Waals surface area contributed by atoms with Gasteiger partial charge >= 0.3 is 0 Å². The van der Waals surface area contributed by atoms with E-state index in [-0.39, 0.29) is 11.8 Å². The van der Waals surface area contributed by atoms with Gasteiger partial charge in [-0.2, -0.15) is 0 Å². The van der Waals surface area contributed by atoms with Gasteiger partial charge in [-0.05, 0) is 17.7 Å². The zero-order valence-electron chi connectivity index (χ0n) is 16.7. The van der Waals surface area contributed by atoms with Crippen molar-refractivity contribution in [2.24, 2.45) is 0 Å². The van der Waals surface area contributed by atoms with Gasteiger partial charge in [0.2, 0.25) is 5.91 Å². The Bertz CT molecular complexity index is 1040. The first-order chi connectivity index (χ1) is 14.2. The van der Waals surface area contributed by atoms with Gasteiger partial charge in [-0.3, -0.25) is 9.69 Å². The predicted molar refractivity (Wildman–Crippen MR) is 111 cm³/mol. The number of para-hydroxylation sites is 1. The molecule has 6 nitrogen and oxygen atoms in total. The van der Waals surface area contributed by atoms with Crippen LogP contribution in [0.4, 0.5) is 0 Å². The summed E-state index contributed by atoms with van der Waals surface area (Å²) in [6, 6.07) is 12.1. The summed E-state index contributed by atoms with van der Waals surface area (Å²) in [4.78, 5) is 17.1. The largest absolute Gasteiger partial charge is 0.493 e. The van der Waals surface area contributed by atoms with Gasteiger partial charge in [-0.15, -0.1) is 0 Å². The summed E-state index contributed by atoms with van der Waals surface area (Å²) in [6.45, 7) is 5.92. The molecular formula is C23H26N2O4. The summed E-state index contributed by atoms with van der Waals surface area (Å²) >= 11 is 0. The number of rotatable bonds is 5. The zero-order chi connectivity index (χ0) is 19.8. The van der Waals surface area contributed by atoms with Crippen LogP contribution >= 0.6 is 0 Å². The number of morpholine rings is 1. The van der Waals surface area contributed by atoms with E-state index in [0.29, 0.717) is 6.42 Å². The van der Waals surface area contributed by atoms with E-state index in [9.17, 15) is 4.79 Å². The minimum absolute atomic E-state index is 0.168. The van der Waals surface area contributed by atoms with E-state index >= 15 is 0 Å². The van der Waals surface area contributed by atoms with Gasteiger partial charge in [-0.1, -0.05) is 24.3 Å². The molecule has 1 amide bonds. The Morgan fingerprint density at radius 3 is 2.76 bits per heavy atom. The summed E-state index contributed by atoms with van der Waals surface area (Å²) in [5, 5.41) is 2.16. The number of ether oxygens (including phenoxy) is 2. The molecule has 2 aromatic carbocycles. The van der Waals surface area contributed by atoms with Crippen LogP contribution in [-0.2, 0) is 9.53 Å². The standard InChI is InChI=1S/C23H26N2O4/c1-27-20-7-6-17(22-18-4-2-3-5-19(18)29-23(20)22)16-14-21(26)25(15-16)9-8-24-10-12-28-13-11-24/h2-7,16H,8-15H2,1H3. The molecule has 29 heavy (non-hydrogen) atoms. The Balaban J connectivity index is 1.43. The van der Waals surface area contributed by atoms with Crippen LogP contribution in [0.25, 0.3) is 21.9 Å². The Hall–Kier alpha value is -2.57. The first-order valence-corrected chi connectivity index (χ1v) is 10.3. The maximum atomic E-state index is 12.7. The molecule has 3 aromatic rings. The fraction of sp³-hybridized carbons (Fsp3) is 0.435. The summed E-state index contributed by atoms with van der Waals surface area (Å²) in [6.07, 6.45) is 0.546. The highest BCUT2D eigenvalue weighted by Gasteiger charge is 2.33. The smallest absolute Gasteiger partial charge is 0.223 e. The van der Waals surface area contributed by atoms with Crippen molar-refractivity contribution < 1.29 is 18.7 Å². The number of nitrogens with zero attached hydrogens (tertiary/aromatic N) is 2. The third-order valence-corrected chi connectivity index (χ3v) is 6.19. The van der Waals surface area contributed by atoms with Crippen molar-refractivity contribution in [2.75, 3.05) is 53.0 Å². The Kier molecular flexibility index (Phi) is 4.89. The molecule has 0 bridgehead atoms. The van der Waals surface area contributed by atoms with Gasteiger partial charge < -0.3 is 18.8 Å². The average Bonchev–Trinajstić information content (AvgIpc) is 3.33. The van der Waals surface area contributed by atoms with E-state index in [1.165, 1.54) is 5.56 Å². The highest BCUT2D eigenvalue weighted by atomic mass is 16.5. The van der Waals surface area contributed by atoms with E-state index in [1.54, 1.807) is 7.11 Å². The van der Waals surface area contributed by atoms with E-state index in [0.717, 1.165) is 73.6 Å². The Labute approximate surface area is 170 Å². The van der Waals surface area contributed by atoms with Crippen molar-refractivity contribution in [2.45, 2.75) is 12.3 Å². The minimum atomic E-state index is 0.168. The van der Waals surface area contributed by atoms with Crippen molar-refractivity contribution in [1.82, 2.24) is 9.80 Å². The highest BCUT2D eigenvalue weighted by Crippen LogP contribution is 2.41. The minimum Gasteiger partial charge on any atom is -0.493 e. The number of furan rings is 1. The Morgan fingerprint density at radius 1 is 1.10 bits per heavy atom. The molecule has 0 spiro atoms. The molecule has 2 saturated heterocycles. The maximum Gasteiger partial charge on any atom is 0.223 e. The SMILES string of the molecule is COc1ccc(C2CC(=O)N(CCN3CCOCC3)C2)c2c1oc1ccccc12. The molecule has 2 fully saturated rings. The molecule has 2 aliphatic heterocycles. The summed E-state index contributed by atoms with van der Waals surface area (Å²) in [5.41, 5.74) is 2.79. The first kappa shape index (κ1) is 18.5. The van der Waals surface area contributed by atoms with Gasteiger partial charge in [0.1, 0.15) is 5.58 Å². The number of hydrogen-bond acceptors (Lipinski definition) is 5. The number of hydrogen-bond donors (Lipinski definition) is 0. The predicted octanol–water partition coefficient (Wildman–Crippen LogP) is 3.24. The number of methoxy groups -OCH3 is 1. The van der Waals surface area contributed by atoms with Crippen molar-refractivity contribution in [3.63, 3.8) is 0 Å². The Morgan fingerprint density at radius 2 is 1.93 bits per heavy atom. The van der Waals surface area contributed by atoms with Crippen LogP contribution in [0.3, 0.4) is 0 Å². The lowest BCUT2D eigenvalue weighted by Gasteiger charge is -2.28. The van der Waals surface area contributed by atoms with Crippen LogP contribution in [0.15, 0.2) is 40.8 Å². The second-order valence-corrected chi connectivity index (χ2v) is 7.85. The van der Waals surface area contributed by atoms with Gasteiger partial charge in [0.05, 0.1) is 20.3 Å². The molecule has 6 heteroatoms. The molecule has 3 heterocycles. The summed E-state index contributed by atoms with van der Waals surface area (Å²) in [5.74, 6) is 1.13. The summed E-state index contributed by atoms with van der Waals surface area (Å²) < 4.78 is 17.1. The van der Waals surface area contributed by atoms with Crippen LogP contribution in [0.2, 0.25) is 0 Å². The number of carbonyl (C=O) groups excluding carboxylic acids is 1. The second kappa shape index (κ2) is 7.69. The van der Waals surface area contributed by atoms with Gasteiger partial charge in [0.25, 0.3) is 0 Å². The number of likely N-dealkylation sites (tertiary alicyclic amines) is 1. The number of benzene rings is 2. The van der Waals surface area contributed by atoms with Crippen LogP contribution in [-0.4, -0.2) is 68.8 Å². The molecule has 152 valence electrons. The third-order valence-electron chi connectivity index (χ3n) is 6.19. The van der Waals surface area contributed by atoms with Crippen molar-refractivity contribution in [3.8, 4) is 5.75 Å². The second-order valence-electron chi connectivity index (χ2n) is 7.85. The van der Waals surface area contributed by atoms with Crippen molar-refractivity contribution in [1.29, 1.82) is 0 Å². The highest BCUT2D eigenvalue weighted by molar-refractivity contribution is 6.09. The van der Waals surface area contributed by atoms with Gasteiger partial charge in [0.15, 0.2) is 11.3 Å². The molecule has 0 radical (unpaired) electrons. The van der Waals surface area contributed by atoms with Gasteiger partial charge in [-0.25, -0.2) is 0 Å².